The summed E-state index contributed by atoms with van der Waals surface area (Å²) in [6.45, 7) is 5.76. The van der Waals surface area contributed by atoms with Crippen LogP contribution in [-0.2, 0) is 0 Å². The quantitative estimate of drug-likeness (QED) is 0.700. The van der Waals surface area contributed by atoms with Crippen LogP contribution >= 0.6 is 0 Å². The Balaban J connectivity index is 2.67. The van der Waals surface area contributed by atoms with Gasteiger partial charge >= 0.3 is 0 Å². The van der Waals surface area contributed by atoms with Gasteiger partial charge in [-0.2, -0.15) is 0 Å². The van der Waals surface area contributed by atoms with Gasteiger partial charge in [0.05, 0.1) is 12.7 Å². The molecule has 0 spiro atoms. The number of phenols is 1. The van der Waals surface area contributed by atoms with E-state index in [-0.39, 0.29) is 6.61 Å². The first-order valence-corrected chi connectivity index (χ1v) is 6.87. The third-order valence-corrected chi connectivity index (χ3v) is 3.22. The van der Waals surface area contributed by atoms with Gasteiger partial charge in [0.25, 0.3) is 0 Å². The second kappa shape index (κ2) is 7.88. The molecule has 1 atom stereocenters. The monoisotopic (exact) mass is 276 g/mol. The molecular weight excluding hydrogens is 252 g/mol. The molecule has 1 aromatic carbocycles. The first kappa shape index (κ1) is 16.5. The summed E-state index contributed by atoms with van der Waals surface area (Å²) in [5.74, 6) is 0.351. The molecule has 0 amide bonds. The molecule has 0 bridgehead atoms. The first-order valence-electron chi connectivity index (χ1n) is 6.87. The molecule has 0 aromatic heterocycles. The third kappa shape index (κ3) is 5.19. The van der Waals surface area contributed by atoms with E-state index in [2.05, 4.69) is 6.08 Å². The van der Waals surface area contributed by atoms with E-state index < -0.39 is 6.10 Å². The fourth-order valence-corrected chi connectivity index (χ4v) is 2.12. The van der Waals surface area contributed by atoms with Crippen molar-refractivity contribution >= 4 is 6.08 Å². The Morgan fingerprint density at radius 2 is 1.85 bits per heavy atom. The number of aliphatic hydroxyl groups excluding tert-OH is 2. The Kier molecular flexibility index (Phi) is 6.49. The molecule has 0 heterocycles. The van der Waals surface area contributed by atoms with Crippen LogP contribution < -0.4 is 0 Å². The fraction of sp³-hybridized carbons (Fsp3) is 0.412. The molecule has 0 aliphatic heterocycles. The number of allylic oxidation sites excluding steroid dienone is 1. The maximum atomic E-state index is 9.74. The van der Waals surface area contributed by atoms with Gasteiger partial charge in [-0.25, -0.2) is 0 Å². The smallest absolute Gasteiger partial charge is 0.121 e. The minimum Gasteiger partial charge on any atom is -0.507 e. The second-order valence-corrected chi connectivity index (χ2v) is 5.21. The standard InChI is InChI=1S/C17H24O3/c1-12(6-7-16(19)5-4-8-18)9-15-10-13(2)17(20)14(3)11-15/h4-5,9-11,16,18-20H,6-8H2,1-3H3/b5-4-,12-9+/t16-/m0/s1. The van der Waals surface area contributed by atoms with Crippen molar-refractivity contribution in [3.8, 4) is 5.75 Å². The second-order valence-electron chi connectivity index (χ2n) is 5.21. The van der Waals surface area contributed by atoms with Gasteiger partial charge < -0.3 is 15.3 Å². The van der Waals surface area contributed by atoms with E-state index in [1.54, 1.807) is 12.2 Å². The molecule has 0 aliphatic rings. The lowest BCUT2D eigenvalue weighted by molar-refractivity contribution is 0.211. The van der Waals surface area contributed by atoms with Gasteiger partial charge in [-0.15, -0.1) is 0 Å². The van der Waals surface area contributed by atoms with Crippen LogP contribution in [-0.4, -0.2) is 28.0 Å². The Bertz CT molecular complexity index is 478. The van der Waals surface area contributed by atoms with Crippen molar-refractivity contribution in [2.75, 3.05) is 6.61 Å². The molecule has 110 valence electrons. The number of benzene rings is 1. The van der Waals surface area contributed by atoms with E-state index in [1.165, 1.54) is 5.57 Å². The van der Waals surface area contributed by atoms with Crippen molar-refractivity contribution in [3.63, 3.8) is 0 Å². The molecule has 3 N–H and O–H groups in total. The molecule has 0 saturated heterocycles. The average molecular weight is 276 g/mol. The minimum atomic E-state index is -0.520. The number of phenolic OH excluding ortho intramolecular Hbond substituents is 1. The predicted molar refractivity (Wildman–Crippen MR) is 82.7 cm³/mol. The number of aromatic hydroxyl groups is 1. The maximum Gasteiger partial charge on any atom is 0.121 e. The molecule has 0 radical (unpaired) electrons. The van der Waals surface area contributed by atoms with Gasteiger partial charge in [0, 0.05) is 0 Å². The summed E-state index contributed by atoms with van der Waals surface area (Å²) in [6.07, 6.45) is 6.14. The molecule has 0 aliphatic carbocycles. The number of hydrogen-bond acceptors (Lipinski definition) is 3. The molecule has 3 heteroatoms. The summed E-state index contributed by atoms with van der Waals surface area (Å²) < 4.78 is 0. The normalized spacial score (nSPS) is 13.9. The highest BCUT2D eigenvalue weighted by atomic mass is 16.3. The van der Waals surface area contributed by atoms with Crippen LogP contribution in [0.4, 0.5) is 0 Å². The lowest BCUT2D eigenvalue weighted by Crippen LogP contribution is -2.02. The summed E-state index contributed by atoms with van der Waals surface area (Å²) in [5, 5.41) is 28.0. The lowest BCUT2D eigenvalue weighted by Gasteiger charge is -2.08. The zero-order valence-corrected chi connectivity index (χ0v) is 12.4. The van der Waals surface area contributed by atoms with Crippen molar-refractivity contribution in [2.45, 2.75) is 39.7 Å². The van der Waals surface area contributed by atoms with Gasteiger partial charge in [0.15, 0.2) is 0 Å². The Labute approximate surface area is 120 Å². The van der Waals surface area contributed by atoms with E-state index in [0.29, 0.717) is 12.2 Å². The molecule has 1 rings (SSSR count). The number of aryl methyl sites for hydroxylation is 2. The van der Waals surface area contributed by atoms with E-state index in [0.717, 1.165) is 23.1 Å². The van der Waals surface area contributed by atoms with Crippen LogP contribution in [0.2, 0.25) is 0 Å². The van der Waals surface area contributed by atoms with Gasteiger partial charge in [0.2, 0.25) is 0 Å². The summed E-state index contributed by atoms with van der Waals surface area (Å²) in [4.78, 5) is 0. The highest BCUT2D eigenvalue weighted by Crippen LogP contribution is 2.24. The van der Waals surface area contributed by atoms with E-state index in [9.17, 15) is 10.2 Å². The topological polar surface area (TPSA) is 60.7 Å². The fourth-order valence-electron chi connectivity index (χ4n) is 2.12. The molecule has 0 fully saturated rings. The minimum absolute atomic E-state index is 0.0437. The molecule has 1 aromatic rings. The van der Waals surface area contributed by atoms with Crippen LogP contribution in [0.15, 0.2) is 29.9 Å². The van der Waals surface area contributed by atoms with Gasteiger partial charge in [-0.1, -0.05) is 23.8 Å². The number of hydrogen-bond donors (Lipinski definition) is 3. The van der Waals surface area contributed by atoms with Crippen LogP contribution in [0, 0.1) is 13.8 Å². The highest BCUT2D eigenvalue weighted by molar-refractivity contribution is 5.57. The summed E-state index contributed by atoms with van der Waals surface area (Å²) in [5.41, 5.74) is 3.98. The van der Waals surface area contributed by atoms with Crippen molar-refractivity contribution in [2.24, 2.45) is 0 Å². The highest BCUT2D eigenvalue weighted by Gasteiger charge is 2.03. The van der Waals surface area contributed by atoms with Crippen molar-refractivity contribution in [1.82, 2.24) is 0 Å². The zero-order chi connectivity index (χ0) is 15.1. The third-order valence-electron chi connectivity index (χ3n) is 3.22. The van der Waals surface area contributed by atoms with Crippen molar-refractivity contribution < 1.29 is 15.3 Å². The number of rotatable bonds is 6. The summed E-state index contributed by atoms with van der Waals surface area (Å²) >= 11 is 0. The van der Waals surface area contributed by atoms with E-state index in [4.69, 9.17) is 5.11 Å². The van der Waals surface area contributed by atoms with Crippen LogP contribution in [0.25, 0.3) is 6.08 Å². The molecule has 0 saturated carbocycles. The van der Waals surface area contributed by atoms with Gasteiger partial charge in [0.1, 0.15) is 5.75 Å². The lowest BCUT2D eigenvalue weighted by atomic mass is 10.0. The van der Waals surface area contributed by atoms with Crippen molar-refractivity contribution in [1.29, 1.82) is 0 Å². The Morgan fingerprint density at radius 1 is 1.25 bits per heavy atom. The zero-order valence-electron chi connectivity index (χ0n) is 12.4. The van der Waals surface area contributed by atoms with Crippen molar-refractivity contribution in [3.05, 3.63) is 46.5 Å². The Morgan fingerprint density at radius 3 is 2.40 bits per heavy atom. The van der Waals surface area contributed by atoms with Crippen LogP contribution in [0.5, 0.6) is 5.75 Å². The average Bonchev–Trinajstić information content (AvgIpc) is 2.40. The largest absolute Gasteiger partial charge is 0.507 e. The molecule has 0 unspecified atom stereocenters. The molecular formula is C17H24O3. The van der Waals surface area contributed by atoms with Gasteiger partial charge in [-0.3, -0.25) is 0 Å². The van der Waals surface area contributed by atoms with Gasteiger partial charge in [-0.05, 0) is 62.4 Å². The van der Waals surface area contributed by atoms with Crippen LogP contribution in [0.3, 0.4) is 0 Å². The van der Waals surface area contributed by atoms with E-state index >= 15 is 0 Å². The summed E-state index contributed by atoms with van der Waals surface area (Å²) in [7, 11) is 0. The Hall–Kier alpha value is -1.58. The number of aliphatic hydroxyl groups is 2. The van der Waals surface area contributed by atoms with Crippen LogP contribution in [0.1, 0.15) is 36.5 Å². The summed E-state index contributed by atoms with van der Waals surface area (Å²) in [6, 6.07) is 3.90. The SMILES string of the molecule is C/C(=C\c1cc(C)c(O)c(C)c1)CC[C@@H](O)/C=C\CO. The molecule has 3 nitrogen and oxygen atoms in total. The predicted octanol–water partition coefficient (Wildman–Crippen LogP) is 3.10. The first-order chi connectivity index (χ1) is 9.43. The van der Waals surface area contributed by atoms with E-state index in [1.807, 2.05) is 32.9 Å². The molecule has 20 heavy (non-hydrogen) atoms. The maximum absolute atomic E-state index is 9.74.